The van der Waals surface area contributed by atoms with Crippen LogP contribution in [0.3, 0.4) is 0 Å². The van der Waals surface area contributed by atoms with Crippen molar-refractivity contribution in [3.05, 3.63) is 24.3 Å². The van der Waals surface area contributed by atoms with Gasteiger partial charge in [-0.3, -0.25) is 14.7 Å². The summed E-state index contributed by atoms with van der Waals surface area (Å²) in [7, 11) is 1.64. The molecule has 0 radical (unpaired) electrons. The normalized spacial score (nSPS) is 19.1. The van der Waals surface area contributed by atoms with Gasteiger partial charge in [0, 0.05) is 46.1 Å². The number of rotatable bonds is 8. The van der Waals surface area contributed by atoms with E-state index in [9.17, 15) is 14.0 Å². The number of imide groups is 1. The second-order valence-corrected chi connectivity index (χ2v) is 8.29. The molecule has 0 saturated carbocycles. The summed E-state index contributed by atoms with van der Waals surface area (Å²) in [6.07, 6.45) is 5.31. The Hall–Kier alpha value is -2.22. The molecule has 0 aromatic carbocycles. The molecule has 3 amide bonds. The number of hydrogen-bond acceptors (Lipinski definition) is 5. The van der Waals surface area contributed by atoms with E-state index in [1.54, 1.807) is 24.3 Å². The summed E-state index contributed by atoms with van der Waals surface area (Å²) >= 11 is 0. The van der Waals surface area contributed by atoms with Gasteiger partial charge in [0.1, 0.15) is 5.54 Å². The van der Waals surface area contributed by atoms with E-state index in [0.717, 1.165) is 12.8 Å². The Kier molecular flexibility index (Phi) is 6.72. The number of nitrogens with zero attached hydrogens (tertiary/aromatic N) is 4. The minimum atomic E-state index is -0.817. The Bertz CT molecular complexity index is 734. The molecule has 2 fully saturated rings. The number of halogens is 1. The van der Waals surface area contributed by atoms with Crippen LogP contribution in [0.25, 0.3) is 0 Å². The smallest absolute Gasteiger partial charge is 0.327 e. The van der Waals surface area contributed by atoms with Crippen molar-refractivity contribution in [2.75, 3.05) is 44.8 Å². The van der Waals surface area contributed by atoms with Crippen molar-refractivity contribution in [1.29, 1.82) is 0 Å². The molecule has 0 N–H and O–H groups in total. The zero-order valence-electron chi connectivity index (χ0n) is 17.6. The van der Waals surface area contributed by atoms with Crippen LogP contribution in [-0.4, -0.2) is 72.2 Å². The summed E-state index contributed by atoms with van der Waals surface area (Å²) in [4.78, 5) is 35.4. The van der Waals surface area contributed by atoms with Gasteiger partial charge in [-0.25, -0.2) is 9.18 Å². The highest BCUT2D eigenvalue weighted by molar-refractivity contribution is 6.07. The first-order chi connectivity index (χ1) is 13.9. The van der Waals surface area contributed by atoms with Crippen molar-refractivity contribution in [2.45, 2.75) is 45.1 Å². The number of unbranched alkanes of at least 4 members (excludes halogenated alkanes) is 1. The van der Waals surface area contributed by atoms with Gasteiger partial charge in [0.25, 0.3) is 5.91 Å². The number of carbonyl (C=O) groups is 2. The van der Waals surface area contributed by atoms with Crippen molar-refractivity contribution in [3.63, 3.8) is 0 Å². The number of ether oxygens (including phenoxy) is 1. The number of amides is 3. The summed E-state index contributed by atoms with van der Waals surface area (Å²) in [6, 6.07) is 1.47. The van der Waals surface area contributed by atoms with E-state index >= 15 is 0 Å². The molecule has 2 aliphatic heterocycles. The van der Waals surface area contributed by atoms with E-state index in [-0.39, 0.29) is 23.7 Å². The van der Waals surface area contributed by atoms with E-state index in [0.29, 0.717) is 51.3 Å². The highest BCUT2D eigenvalue weighted by atomic mass is 19.1. The number of carbonyl (C=O) groups excluding carboxylic acids is 2. The van der Waals surface area contributed by atoms with E-state index in [1.807, 2.05) is 18.7 Å². The third-order valence-corrected chi connectivity index (χ3v) is 5.83. The van der Waals surface area contributed by atoms with Gasteiger partial charge in [0.15, 0.2) is 5.82 Å². The summed E-state index contributed by atoms with van der Waals surface area (Å²) in [5.74, 6) is -0.209. The minimum absolute atomic E-state index is 0.101. The number of hydrogen-bond donors (Lipinski definition) is 0. The molecule has 0 atom stereocenters. The number of pyridine rings is 1. The maximum Gasteiger partial charge on any atom is 0.327 e. The van der Waals surface area contributed by atoms with Crippen LogP contribution in [0.5, 0.6) is 0 Å². The molecule has 3 rings (SSSR count). The van der Waals surface area contributed by atoms with Crippen molar-refractivity contribution in [1.82, 2.24) is 14.8 Å². The van der Waals surface area contributed by atoms with Crippen LogP contribution in [-0.2, 0) is 9.53 Å². The molecular weight excluding hydrogens is 375 g/mol. The lowest BCUT2D eigenvalue weighted by Gasteiger charge is -2.43. The second-order valence-electron chi connectivity index (χ2n) is 8.29. The molecule has 1 aromatic rings. The van der Waals surface area contributed by atoms with Gasteiger partial charge in [-0.2, -0.15) is 0 Å². The fourth-order valence-corrected chi connectivity index (χ4v) is 4.34. The van der Waals surface area contributed by atoms with Crippen LogP contribution in [0.15, 0.2) is 18.5 Å². The van der Waals surface area contributed by atoms with Gasteiger partial charge in [0.2, 0.25) is 0 Å². The lowest BCUT2D eigenvalue weighted by Crippen LogP contribution is -2.57. The Morgan fingerprint density at radius 3 is 2.59 bits per heavy atom. The van der Waals surface area contributed by atoms with E-state index in [2.05, 4.69) is 4.98 Å². The van der Waals surface area contributed by atoms with Crippen LogP contribution in [0, 0.1) is 11.7 Å². The predicted octanol–water partition coefficient (Wildman–Crippen LogP) is 2.91. The first-order valence-corrected chi connectivity index (χ1v) is 10.4. The molecule has 1 aromatic heterocycles. The van der Waals surface area contributed by atoms with E-state index < -0.39 is 5.54 Å². The van der Waals surface area contributed by atoms with Crippen LogP contribution in [0.1, 0.15) is 39.5 Å². The number of aromatic nitrogens is 1. The van der Waals surface area contributed by atoms with Gasteiger partial charge in [-0.15, -0.1) is 0 Å². The molecule has 0 unspecified atom stereocenters. The van der Waals surface area contributed by atoms with E-state index in [4.69, 9.17) is 4.74 Å². The third-order valence-electron chi connectivity index (χ3n) is 5.83. The molecule has 0 bridgehead atoms. The molecule has 160 valence electrons. The summed E-state index contributed by atoms with van der Waals surface area (Å²) < 4.78 is 19.2. The highest BCUT2D eigenvalue weighted by Crippen LogP contribution is 2.39. The number of methoxy groups -OCH3 is 1. The first kappa shape index (κ1) is 21.5. The fraction of sp³-hybridized carbons (Fsp3) is 0.667. The van der Waals surface area contributed by atoms with Crippen LogP contribution < -0.4 is 4.90 Å². The summed E-state index contributed by atoms with van der Waals surface area (Å²) in [5, 5.41) is 0. The van der Waals surface area contributed by atoms with Crippen molar-refractivity contribution >= 4 is 17.6 Å². The van der Waals surface area contributed by atoms with Crippen LogP contribution in [0.4, 0.5) is 14.9 Å². The van der Waals surface area contributed by atoms with Gasteiger partial charge < -0.3 is 14.5 Å². The lowest BCUT2D eigenvalue weighted by atomic mass is 9.85. The monoisotopic (exact) mass is 406 g/mol. The van der Waals surface area contributed by atoms with Crippen molar-refractivity contribution in [3.8, 4) is 0 Å². The van der Waals surface area contributed by atoms with Crippen molar-refractivity contribution in [2.24, 2.45) is 5.92 Å². The van der Waals surface area contributed by atoms with Gasteiger partial charge in [0.05, 0.1) is 11.9 Å². The predicted molar refractivity (Wildman–Crippen MR) is 108 cm³/mol. The molecule has 0 aliphatic carbocycles. The Balaban J connectivity index is 1.77. The Morgan fingerprint density at radius 1 is 1.24 bits per heavy atom. The molecule has 8 heteroatoms. The van der Waals surface area contributed by atoms with Gasteiger partial charge in [-0.05, 0) is 37.7 Å². The van der Waals surface area contributed by atoms with Crippen LogP contribution in [0.2, 0.25) is 0 Å². The molecule has 1 spiro atoms. The highest BCUT2D eigenvalue weighted by Gasteiger charge is 2.57. The average Bonchev–Trinajstić information content (AvgIpc) is 2.88. The number of anilines is 1. The fourth-order valence-electron chi connectivity index (χ4n) is 4.34. The van der Waals surface area contributed by atoms with E-state index in [1.165, 1.54) is 11.1 Å². The van der Waals surface area contributed by atoms with Crippen molar-refractivity contribution < 1.29 is 18.7 Å². The number of urea groups is 1. The minimum Gasteiger partial charge on any atom is -0.385 e. The second kappa shape index (κ2) is 9.07. The Morgan fingerprint density at radius 2 is 1.97 bits per heavy atom. The molecule has 2 saturated heterocycles. The molecular formula is C21H31FN4O3. The van der Waals surface area contributed by atoms with Gasteiger partial charge >= 0.3 is 6.03 Å². The molecule has 2 aliphatic rings. The largest absolute Gasteiger partial charge is 0.385 e. The maximum atomic E-state index is 14.1. The molecule has 29 heavy (non-hydrogen) atoms. The maximum absolute atomic E-state index is 14.1. The SMILES string of the molecule is COCCCCN1C(=O)N(CC(C)C)C2(CCN(c3ccncc3F)CC2)C1=O. The summed E-state index contributed by atoms with van der Waals surface area (Å²) in [6.45, 7) is 6.72. The molecule has 3 heterocycles. The standard InChI is InChI=1S/C21H31FN4O3/c1-16(2)15-26-20(28)25(10-4-5-13-29-3)19(27)21(26)7-11-24(12-8-21)18-6-9-23-14-17(18)22/h6,9,14,16H,4-5,7-8,10-13,15H2,1-3H3. The van der Waals surface area contributed by atoms with Crippen LogP contribution >= 0.6 is 0 Å². The Labute approximate surface area is 171 Å². The summed E-state index contributed by atoms with van der Waals surface area (Å²) in [5.41, 5.74) is -0.318. The zero-order valence-corrected chi connectivity index (χ0v) is 17.6. The zero-order chi connectivity index (χ0) is 21.0. The first-order valence-electron chi connectivity index (χ1n) is 10.4. The topological polar surface area (TPSA) is 66.0 Å². The molecule has 7 nitrogen and oxygen atoms in total. The average molecular weight is 407 g/mol. The van der Waals surface area contributed by atoms with Gasteiger partial charge in [-0.1, -0.05) is 13.8 Å². The lowest BCUT2D eigenvalue weighted by molar-refractivity contribution is -0.134. The third kappa shape index (κ3) is 4.22. The quantitative estimate of drug-likeness (QED) is 0.491. The number of piperidine rings is 1.